The number of rotatable bonds is 11. The minimum Gasteiger partial charge on any atom is -0.463 e. The van der Waals surface area contributed by atoms with Gasteiger partial charge in [0.15, 0.2) is 24.5 Å². The second-order valence-electron chi connectivity index (χ2n) is 8.14. The van der Waals surface area contributed by atoms with E-state index in [2.05, 4.69) is 4.98 Å². The highest BCUT2D eigenvalue weighted by Crippen LogP contribution is 2.34. The topological polar surface area (TPSA) is 173 Å². The SMILES string of the molecule is CC(=O)OC[C@H]1O[C@@H](n2cc(N(CCCl)CCCl)c(=O)[nH]c2=O)[C@@H](OC(C)=O)[C@@H](OC(C)=O)[C@H]1OC(C)=O. The number of aromatic amines is 1. The summed E-state index contributed by atoms with van der Waals surface area (Å²) in [4.78, 5) is 76.8. The molecule has 0 radical (unpaired) electrons. The summed E-state index contributed by atoms with van der Waals surface area (Å²) in [6.07, 6.45) is -6.11. The summed E-state index contributed by atoms with van der Waals surface area (Å²) in [6.45, 7) is 4.28. The molecular weight excluding hydrogens is 553 g/mol. The second kappa shape index (κ2) is 14.2. The van der Waals surface area contributed by atoms with Crippen LogP contribution in [0, 0.1) is 0 Å². The van der Waals surface area contributed by atoms with Gasteiger partial charge in [-0.1, -0.05) is 0 Å². The summed E-state index contributed by atoms with van der Waals surface area (Å²) in [7, 11) is 0. The van der Waals surface area contributed by atoms with Gasteiger partial charge in [-0.3, -0.25) is 33.5 Å². The fraction of sp³-hybridized carbons (Fsp3) is 0.636. The van der Waals surface area contributed by atoms with Crippen molar-refractivity contribution in [1.82, 2.24) is 9.55 Å². The smallest absolute Gasteiger partial charge is 0.330 e. The van der Waals surface area contributed by atoms with E-state index in [4.69, 9.17) is 46.9 Å². The number of carbonyl (C=O) groups excluding carboxylic acids is 4. The number of H-pyrrole nitrogens is 1. The largest absolute Gasteiger partial charge is 0.463 e. The van der Waals surface area contributed by atoms with Crippen molar-refractivity contribution in [2.75, 3.05) is 36.4 Å². The first-order chi connectivity index (χ1) is 17.9. The molecule has 0 saturated carbocycles. The Hall–Kier alpha value is -3.10. The number of halogens is 2. The molecule has 38 heavy (non-hydrogen) atoms. The number of nitrogens with one attached hydrogen (secondary N) is 1. The molecule has 1 fully saturated rings. The molecule has 0 aromatic carbocycles. The van der Waals surface area contributed by atoms with Crippen LogP contribution in [0.25, 0.3) is 0 Å². The number of aromatic nitrogens is 2. The van der Waals surface area contributed by atoms with Gasteiger partial charge >= 0.3 is 29.6 Å². The monoisotopic (exact) mass is 581 g/mol. The maximum absolute atomic E-state index is 13.0. The fourth-order valence-corrected chi connectivity index (χ4v) is 4.28. The molecule has 16 heteroatoms. The molecule has 0 amide bonds. The van der Waals surface area contributed by atoms with Crippen molar-refractivity contribution < 1.29 is 42.9 Å². The van der Waals surface area contributed by atoms with Crippen LogP contribution in [-0.2, 0) is 42.9 Å². The molecule has 14 nitrogen and oxygen atoms in total. The highest BCUT2D eigenvalue weighted by molar-refractivity contribution is 6.18. The Bertz CT molecular complexity index is 1130. The van der Waals surface area contributed by atoms with E-state index < -0.39 is 72.4 Å². The first kappa shape index (κ1) is 31.1. The standard InChI is InChI=1S/C22H29Cl2N3O11/c1-11(28)34-10-16-17(35-12(2)29)18(36-13(3)30)19(37-14(4)31)21(38-16)27-9-15(20(32)25-22(27)33)26(7-5-23)8-6-24/h9,16-19,21H,5-8,10H2,1-4H3,(H,25,32,33)/t16-,17+,18+,19+,21-/m1/s1. The number of nitrogens with zero attached hydrogens (tertiary/aromatic N) is 2. The summed E-state index contributed by atoms with van der Waals surface area (Å²) in [5.41, 5.74) is -1.71. The number of hydrogen-bond donors (Lipinski definition) is 1. The molecule has 0 unspecified atom stereocenters. The molecule has 2 rings (SSSR count). The van der Waals surface area contributed by atoms with Gasteiger partial charge in [0.05, 0.1) is 0 Å². The Morgan fingerprint density at radius 1 is 0.895 bits per heavy atom. The third kappa shape index (κ3) is 8.20. The highest BCUT2D eigenvalue weighted by Gasteiger charge is 2.53. The second-order valence-corrected chi connectivity index (χ2v) is 8.89. The number of alkyl halides is 2. The molecule has 1 N–H and O–H groups in total. The first-order valence-corrected chi connectivity index (χ1v) is 12.5. The zero-order valence-electron chi connectivity index (χ0n) is 21.1. The van der Waals surface area contributed by atoms with Gasteiger partial charge in [0, 0.05) is 58.7 Å². The summed E-state index contributed by atoms with van der Waals surface area (Å²) in [5.74, 6) is -2.90. The zero-order chi connectivity index (χ0) is 28.6. The van der Waals surface area contributed by atoms with Crippen molar-refractivity contribution in [3.05, 3.63) is 27.0 Å². The van der Waals surface area contributed by atoms with Crippen molar-refractivity contribution >= 4 is 52.8 Å². The molecule has 1 saturated heterocycles. The highest BCUT2D eigenvalue weighted by atomic mass is 35.5. The minimum absolute atomic E-state index is 0.00115. The molecule has 2 heterocycles. The van der Waals surface area contributed by atoms with Gasteiger partial charge in [-0.2, -0.15) is 0 Å². The molecule has 1 aromatic heterocycles. The van der Waals surface area contributed by atoms with Crippen LogP contribution in [0.1, 0.15) is 33.9 Å². The lowest BCUT2D eigenvalue weighted by atomic mass is 9.97. The Balaban J connectivity index is 2.73. The summed E-state index contributed by atoms with van der Waals surface area (Å²) in [5, 5.41) is 0. The molecule has 0 bridgehead atoms. The van der Waals surface area contributed by atoms with Gasteiger partial charge in [-0.15, -0.1) is 23.2 Å². The molecule has 5 atom stereocenters. The molecular formula is C22H29Cl2N3O11. The van der Waals surface area contributed by atoms with Crippen LogP contribution >= 0.6 is 23.2 Å². The van der Waals surface area contributed by atoms with Crippen molar-refractivity contribution in [3.63, 3.8) is 0 Å². The average molecular weight is 582 g/mol. The lowest BCUT2D eigenvalue weighted by Crippen LogP contribution is -2.61. The van der Waals surface area contributed by atoms with Crippen molar-refractivity contribution in [2.24, 2.45) is 0 Å². The predicted octanol–water partition coefficient (Wildman–Crippen LogP) is 0.0762. The van der Waals surface area contributed by atoms with Crippen LogP contribution in [0.5, 0.6) is 0 Å². The Morgan fingerprint density at radius 2 is 1.42 bits per heavy atom. The maximum Gasteiger partial charge on any atom is 0.330 e. The van der Waals surface area contributed by atoms with E-state index in [9.17, 15) is 28.8 Å². The van der Waals surface area contributed by atoms with Crippen molar-refractivity contribution in [1.29, 1.82) is 0 Å². The number of carbonyl (C=O) groups is 4. The predicted molar refractivity (Wildman–Crippen MR) is 132 cm³/mol. The number of esters is 4. The van der Waals surface area contributed by atoms with E-state index in [-0.39, 0.29) is 30.5 Å². The third-order valence-corrected chi connectivity index (χ3v) is 5.58. The van der Waals surface area contributed by atoms with E-state index >= 15 is 0 Å². The molecule has 1 aliphatic heterocycles. The van der Waals surface area contributed by atoms with E-state index in [1.54, 1.807) is 0 Å². The minimum atomic E-state index is -1.54. The maximum atomic E-state index is 13.0. The Kier molecular flexibility index (Phi) is 11.6. The summed E-state index contributed by atoms with van der Waals surface area (Å²) in [6, 6.07) is 0. The van der Waals surface area contributed by atoms with E-state index in [1.807, 2.05) is 0 Å². The number of ether oxygens (including phenoxy) is 5. The van der Waals surface area contributed by atoms with Crippen molar-refractivity contribution in [2.45, 2.75) is 58.3 Å². The van der Waals surface area contributed by atoms with Gasteiger partial charge in [0.25, 0.3) is 5.56 Å². The van der Waals surface area contributed by atoms with Crippen LogP contribution in [-0.4, -0.2) is 89.3 Å². The Labute approximate surface area is 227 Å². The summed E-state index contributed by atoms with van der Waals surface area (Å²) < 4.78 is 28.0. The van der Waals surface area contributed by atoms with E-state index in [0.29, 0.717) is 0 Å². The van der Waals surface area contributed by atoms with Crippen LogP contribution < -0.4 is 16.1 Å². The molecule has 1 aliphatic rings. The zero-order valence-corrected chi connectivity index (χ0v) is 22.7. The molecule has 212 valence electrons. The number of anilines is 1. The van der Waals surface area contributed by atoms with E-state index in [0.717, 1.165) is 38.5 Å². The lowest BCUT2D eigenvalue weighted by Gasteiger charge is -2.44. The normalized spacial score (nSPS) is 22.7. The van der Waals surface area contributed by atoms with Gasteiger partial charge in [-0.25, -0.2) is 4.79 Å². The molecule has 0 spiro atoms. The van der Waals surface area contributed by atoms with Gasteiger partial charge in [-0.05, 0) is 0 Å². The van der Waals surface area contributed by atoms with Crippen LogP contribution in [0.2, 0.25) is 0 Å². The molecule has 1 aromatic rings. The molecule has 0 aliphatic carbocycles. The van der Waals surface area contributed by atoms with Crippen molar-refractivity contribution in [3.8, 4) is 0 Å². The first-order valence-electron chi connectivity index (χ1n) is 11.4. The fourth-order valence-electron chi connectivity index (χ4n) is 3.88. The lowest BCUT2D eigenvalue weighted by molar-refractivity contribution is -0.269. The van der Waals surface area contributed by atoms with Gasteiger partial charge in [0.2, 0.25) is 0 Å². The van der Waals surface area contributed by atoms with Crippen LogP contribution in [0.15, 0.2) is 15.8 Å². The van der Waals surface area contributed by atoms with E-state index in [1.165, 1.54) is 4.90 Å². The van der Waals surface area contributed by atoms with Gasteiger partial charge < -0.3 is 28.6 Å². The quantitative estimate of drug-likeness (QED) is 0.212. The summed E-state index contributed by atoms with van der Waals surface area (Å²) >= 11 is 11.7. The number of hydrogen-bond acceptors (Lipinski definition) is 12. The third-order valence-electron chi connectivity index (χ3n) is 5.24. The average Bonchev–Trinajstić information content (AvgIpc) is 2.80. The Morgan fingerprint density at radius 3 is 1.92 bits per heavy atom. The van der Waals surface area contributed by atoms with Crippen LogP contribution in [0.3, 0.4) is 0 Å². The van der Waals surface area contributed by atoms with Gasteiger partial charge in [0.1, 0.15) is 18.4 Å². The van der Waals surface area contributed by atoms with Crippen LogP contribution in [0.4, 0.5) is 5.69 Å².